The van der Waals surface area contributed by atoms with E-state index in [1.807, 2.05) is 24.3 Å². The van der Waals surface area contributed by atoms with Crippen molar-refractivity contribution in [1.29, 1.82) is 0 Å². The monoisotopic (exact) mass is 391 g/mol. The first kappa shape index (κ1) is 19.2. The Hall–Kier alpha value is -2.54. The first-order valence-corrected chi connectivity index (χ1v) is 9.18. The number of hydrogen-bond donors (Lipinski definition) is 1. The number of carboxylic acids is 1. The molecule has 0 bridgehead atoms. The van der Waals surface area contributed by atoms with Crippen LogP contribution < -0.4 is 0 Å². The number of amides is 2. The summed E-state index contributed by atoms with van der Waals surface area (Å²) in [6.07, 6.45) is 1.22. The van der Waals surface area contributed by atoms with E-state index >= 15 is 0 Å². The third kappa shape index (κ3) is 3.64. The van der Waals surface area contributed by atoms with Crippen LogP contribution in [0.25, 0.3) is 10.9 Å². The molecular formula is C19H22ClN3O4. The summed E-state index contributed by atoms with van der Waals surface area (Å²) in [5.41, 5.74) is 1.17. The second-order valence-corrected chi connectivity index (χ2v) is 7.30. The zero-order valence-electron chi connectivity index (χ0n) is 15.3. The number of rotatable bonds is 4. The molecule has 2 amide bonds. The van der Waals surface area contributed by atoms with Gasteiger partial charge in [0, 0.05) is 38.1 Å². The smallest absolute Gasteiger partial charge is 0.308 e. The molecule has 1 unspecified atom stereocenters. The predicted molar refractivity (Wildman–Crippen MR) is 102 cm³/mol. The number of aryl methyl sites for hydroxylation is 1. The molecule has 1 saturated heterocycles. The van der Waals surface area contributed by atoms with Crippen molar-refractivity contribution < 1.29 is 19.5 Å². The summed E-state index contributed by atoms with van der Waals surface area (Å²) in [4.78, 5) is 39.5. The molecule has 0 saturated carbocycles. The van der Waals surface area contributed by atoms with Crippen LogP contribution in [0.4, 0.5) is 0 Å². The van der Waals surface area contributed by atoms with E-state index in [0.29, 0.717) is 30.1 Å². The number of halogens is 1. The zero-order chi connectivity index (χ0) is 19.7. The Morgan fingerprint density at radius 3 is 2.67 bits per heavy atom. The molecule has 0 aliphatic carbocycles. The average molecular weight is 392 g/mol. The number of nitrogens with zero attached hydrogens (tertiary/aromatic N) is 3. The Bertz CT molecular complexity index is 869. The van der Waals surface area contributed by atoms with Crippen molar-refractivity contribution in [2.75, 3.05) is 26.7 Å². The molecule has 1 fully saturated rings. The van der Waals surface area contributed by atoms with Crippen molar-refractivity contribution >= 4 is 40.3 Å². The van der Waals surface area contributed by atoms with Gasteiger partial charge in [-0.05, 0) is 18.9 Å². The number of carbonyl (C=O) groups excluding carboxylic acids is 2. The van der Waals surface area contributed by atoms with Crippen molar-refractivity contribution in [2.24, 2.45) is 13.0 Å². The minimum Gasteiger partial charge on any atom is -0.481 e. The van der Waals surface area contributed by atoms with Gasteiger partial charge in [0.15, 0.2) is 0 Å². The van der Waals surface area contributed by atoms with Gasteiger partial charge in [0.25, 0.3) is 5.91 Å². The fourth-order valence-corrected chi connectivity index (χ4v) is 3.91. The van der Waals surface area contributed by atoms with Crippen molar-refractivity contribution in [1.82, 2.24) is 14.4 Å². The Morgan fingerprint density at radius 1 is 1.30 bits per heavy atom. The van der Waals surface area contributed by atoms with Gasteiger partial charge >= 0.3 is 5.97 Å². The summed E-state index contributed by atoms with van der Waals surface area (Å²) >= 11 is 6.41. The molecule has 8 heteroatoms. The average Bonchev–Trinajstić information content (AvgIpc) is 2.92. The SMILES string of the molecule is CN(CC(=O)N1CCCC(C(=O)O)C1)C(=O)c1c(Cl)c2ccccc2n1C. The van der Waals surface area contributed by atoms with Gasteiger partial charge in [-0.25, -0.2) is 0 Å². The molecule has 1 aromatic carbocycles. The fourth-order valence-electron chi connectivity index (χ4n) is 3.55. The predicted octanol–water partition coefficient (Wildman–Crippen LogP) is 2.23. The number of aliphatic carboxylic acids is 1. The van der Waals surface area contributed by atoms with Crippen molar-refractivity contribution in [3.8, 4) is 0 Å². The first-order valence-electron chi connectivity index (χ1n) is 8.80. The van der Waals surface area contributed by atoms with E-state index in [0.717, 1.165) is 10.9 Å². The quantitative estimate of drug-likeness (QED) is 0.866. The van der Waals surface area contributed by atoms with Crippen molar-refractivity contribution in [3.63, 3.8) is 0 Å². The molecule has 1 N–H and O–H groups in total. The number of carboxylic acid groups (broad SMARTS) is 1. The number of likely N-dealkylation sites (N-methyl/N-ethyl adjacent to an activating group) is 1. The number of hydrogen-bond acceptors (Lipinski definition) is 3. The molecule has 1 atom stereocenters. The third-order valence-corrected chi connectivity index (χ3v) is 5.47. The molecule has 3 rings (SSSR count). The maximum Gasteiger partial charge on any atom is 0.308 e. The van der Waals surface area contributed by atoms with E-state index in [9.17, 15) is 14.4 Å². The van der Waals surface area contributed by atoms with Crippen LogP contribution in [0.2, 0.25) is 5.02 Å². The topological polar surface area (TPSA) is 82.9 Å². The summed E-state index contributed by atoms with van der Waals surface area (Å²) in [5, 5.41) is 10.3. The summed E-state index contributed by atoms with van der Waals surface area (Å²) in [6, 6.07) is 7.45. The van der Waals surface area contributed by atoms with Gasteiger partial charge in [-0.2, -0.15) is 0 Å². The van der Waals surface area contributed by atoms with E-state index in [-0.39, 0.29) is 24.9 Å². The first-order chi connectivity index (χ1) is 12.8. The lowest BCUT2D eigenvalue weighted by atomic mass is 9.98. The van der Waals surface area contributed by atoms with Crippen LogP contribution in [0.5, 0.6) is 0 Å². The van der Waals surface area contributed by atoms with Crippen molar-refractivity contribution in [2.45, 2.75) is 12.8 Å². The van der Waals surface area contributed by atoms with Gasteiger partial charge in [-0.3, -0.25) is 14.4 Å². The molecule has 1 aliphatic heterocycles. The zero-order valence-corrected chi connectivity index (χ0v) is 16.1. The molecule has 27 heavy (non-hydrogen) atoms. The maximum atomic E-state index is 12.9. The van der Waals surface area contributed by atoms with E-state index in [1.54, 1.807) is 18.7 Å². The van der Waals surface area contributed by atoms with Crippen LogP contribution >= 0.6 is 11.6 Å². The maximum absolute atomic E-state index is 12.9. The second-order valence-electron chi connectivity index (χ2n) is 6.92. The Balaban J connectivity index is 1.75. The summed E-state index contributed by atoms with van der Waals surface area (Å²) in [7, 11) is 3.31. The highest BCUT2D eigenvalue weighted by Crippen LogP contribution is 2.30. The normalized spacial score (nSPS) is 17.1. The summed E-state index contributed by atoms with van der Waals surface area (Å²) in [5.74, 6) is -2.04. The molecule has 144 valence electrons. The van der Waals surface area contributed by atoms with Crippen LogP contribution in [-0.2, 0) is 16.6 Å². The van der Waals surface area contributed by atoms with Crippen molar-refractivity contribution in [3.05, 3.63) is 35.0 Å². The van der Waals surface area contributed by atoms with Gasteiger partial charge in [0.2, 0.25) is 5.91 Å². The second kappa shape index (κ2) is 7.60. The number of para-hydroxylation sites is 1. The fraction of sp³-hybridized carbons (Fsp3) is 0.421. The van der Waals surface area contributed by atoms with E-state index in [4.69, 9.17) is 16.7 Å². The number of likely N-dealkylation sites (tertiary alicyclic amines) is 1. The van der Waals surface area contributed by atoms with Crippen LogP contribution in [0.1, 0.15) is 23.3 Å². The minimum atomic E-state index is -0.890. The molecule has 1 aromatic heterocycles. The lowest BCUT2D eigenvalue weighted by molar-refractivity contribution is -0.145. The highest BCUT2D eigenvalue weighted by atomic mass is 35.5. The molecular weight excluding hydrogens is 370 g/mol. The molecule has 2 heterocycles. The third-order valence-electron chi connectivity index (χ3n) is 5.09. The molecule has 7 nitrogen and oxygen atoms in total. The van der Waals surface area contributed by atoms with Gasteiger partial charge in [-0.15, -0.1) is 0 Å². The van der Waals surface area contributed by atoms with Gasteiger partial charge in [-0.1, -0.05) is 29.8 Å². The molecule has 0 radical (unpaired) electrons. The number of aromatic nitrogens is 1. The van der Waals surface area contributed by atoms with Crippen LogP contribution in [0.15, 0.2) is 24.3 Å². The molecule has 1 aliphatic rings. The van der Waals surface area contributed by atoms with E-state index < -0.39 is 11.9 Å². The number of fused-ring (bicyclic) bond motifs is 1. The summed E-state index contributed by atoms with van der Waals surface area (Å²) in [6.45, 7) is 0.577. The van der Waals surface area contributed by atoms with Crippen LogP contribution in [-0.4, -0.2) is 63.9 Å². The number of benzene rings is 1. The summed E-state index contributed by atoms with van der Waals surface area (Å²) < 4.78 is 1.72. The van der Waals surface area contributed by atoms with E-state index in [2.05, 4.69) is 0 Å². The lowest BCUT2D eigenvalue weighted by Crippen LogP contribution is -2.47. The minimum absolute atomic E-state index is 0.122. The highest BCUT2D eigenvalue weighted by molar-refractivity contribution is 6.38. The Kier molecular flexibility index (Phi) is 5.41. The molecule has 0 spiro atoms. The van der Waals surface area contributed by atoms with Crippen LogP contribution in [0, 0.1) is 5.92 Å². The van der Waals surface area contributed by atoms with Gasteiger partial charge in [0.05, 0.1) is 17.5 Å². The lowest BCUT2D eigenvalue weighted by Gasteiger charge is -2.32. The standard InChI is InChI=1S/C19H22ClN3O4/c1-21(11-15(24)23-9-5-6-12(10-23)19(26)27)18(25)17-16(20)13-7-3-4-8-14(13)22(17)2/h3-4,7-8,12H,5-6,9-11H2,1-2H3,(H,26,27). The van der Waals surface area contributed by atoms with E-state index in [1.165, 1.54) is 9.80 Å². The van der Waals surface area contributed by atoms with Crippen LogP contribution in [0.3, 0.4) is 0 Å². The largest absolute Gasteiger partial charge is 0.481 e. The number of piperidine rings is 1. The van der Waals surface area contributed by atoms with Gasteiger partial charge < -0.3 is 19.5 Å². The number of carbonyl (C=O) groups is 3. The highest BCUT2D eigenvalue weighted by Gasteiger charge is 2.30. The molecule has 2 aromatic rings. The Morgan fingerprint density at radius 2 is 2.00 bits per heavy atom. The van der Waals surface area contributed by atoms with Gasteiger partial charge in [0.1, 0.15) is 5.69 Å². The Labute approximate surface area is 162 Å².